The number of carbonyl (C=O) groups is 1. The number of aliphatic hydroxyl groups is 2. The van der Waals surface area contributed by atoms with Gasteiger partial charge in [0.05, 0.1) is 18.8 Å². The van der Waals surface area contributed by atoms with E-state index in [1.165, 1.54) is 148 Å². The zero-order valence-corrected chi connectivity index (χ0v) is 40.2. The van der Waals surface area contributed by atoms with Crippen LogP contribution in [0.4, 0.5) is 0 Å². The lowest BCUT2D eigenvalue weighted by molar-refractivity contribution is -0.123. The first-order valence-electron chi connectivity index (χ1n) is 26.0. The second-order valence-electron chi connectivity index (χ2n) is 17.2. The van der Waals surface area contributed by atoms with Crippen molar-refractivity contribution in [1.29, 1.82) is 0 Å². The Hall–Kier alpha value is -2.69. The molecular formula is C57H99NO3. The molecule has 0 radical (unpaired) electrons. The van der Waals surface area contributed by atoms with Gasteiger partial charge in [-0.3, -0.25) is 4.79 Å². The fraction of sp³-hybridized carbons (Fsp3) is 0.702. The van der Waals surface area contributed by atoms with Crippen molar-refractivity contribution in [2.45, 2.75) is 251 Å². The Balaban J connectivity index is 3.58. The van der Waals surface area contributed by atoms with E-state index in [-0.39, 0.29) is 12.5 Å². The quantitative estimate of drug-likeness (QED) is 0.0422. The van der Waals surface area contributed by atoms with Gasteiger partial charge in [-0.2, -0.15) is 0 Å². The van der Waals surface area contributed by atoms with Gasteiger partial charge in [0.1, 0.15) is 0 Å². The summed E-state index contributed by atoms with van der Waals surface area (Å²) in [5.74, 6) is -0.0809. The molecule has 2 unspecified atom stereocenters. The molecule has 0 aliphatic heterocycles. The van der Waals surface area contributed by atoms with Gasteiger partial charge in [-0.05, 0) is 89.9 Å². The molecular weight excluding hydrogens is 747 g/mol. The largest absolute Gasteiger partial charge is 0.394 e. The molecule has 0 heterocycles. The van der Waals surface area contributed by atoms with Crippen LogP contribution in [0.15, 0.2) is 97.2 Å². The van der Waals surface area contributed by atoms with Crippen LogP contribution in [0.25, 0.3) is 0 Å². The van der Waals surface area contributed by atoms with Gasteiger partial charge < -0.3 is 15.5 Å². The Labute approximate surface area is 379 Å². The molecule has 4 heteroatoms. The zero-order valence-electron chi connectivity index (χ0n) is 40.2. The van der Waals surface area contributed by atoms with Crippen molar-refractivity contribution in [3.8, 4) is 0 Å². The van der Waals surface area contributed by atoms with E-state index < -0.39 is 12.1 Å². The van der Waals surface area contributed by atoms with Crippen LogP contribution >= 0.6 is 0 Å². The number of hydrogen-bond donors (Lipinski definition) is 3. The highest BCUT2D eigenvalue weighted by Crippen LogP contribution is 2.15. The van der Waals surface area contributed by atoms with Crippen LogP contribution < -0.4 is 5.32 Å². The standard InChI is InChI=1S/C57H99NO3/c1-3-5-7-9-11-13-15-17-19-21-23-24-25-26-27-28-29-30-31-32-33-34-35-37-39-41-43-45-47-49-51-53-57(61)58-55(54-59)56(60)52-50-48-46-44-42-40-38-36-22-20-18-16-14-12-10-8-6-4-2/h5,7,11,13,17,19,22-24,26-27,36,42,44,50,52,55-56,59-60H,3-4,6,8-10,12,14-16,18,20-21,25,28-35,37-41,43,45-49,51,53-54H2,1-2H3,(H,58,61)/b7-5-,13-11-,19-17-,24-23-,27-26-,36-22+,44-42+,52-50+. The van der Waals surface area contributed by atoms with Gasteiger partial charge >= 0.3 is 0 Å². The third-order valence-electron chi connectivity index (χ3n) is 11.3. The number of aliphatic hydroxyl groups excluding tert-OH is 2. The third-order valence-corrected chi connectivity index (χ3v) is 11.3. The number of nitrogens with one attached hydrogen (secondary N) is 1. The molecule has 0 aromatic carbocycles. The van der Waals surface area contributed by atoms with Crippen molar-refractivity contribution in [2.24, 2.45) is 0 Å². The molecule has 0 aliphatic carbocycles. The molecule has 3 N–H and O–H groups in total. The van der Waals surface area contributed by atoms with E-state index in [2.05, 4.69) is 104 Å². The van der Waals surface area contributed by atoms with Crippen molar-refractivity contribution in [3.05, 3.63) is 97.2 Å². The normalized spacial score (nSPS) is 13.7. The number of allylic oxidation sites excluding steroid dienone is 15. The topological polar surface area (TPSA) is 69.6 Å². The Kier molecular flexibility index (Phi) is 49.4. The molecule has 4 nitrogen and oxygen atoms in total. The molecule has 2 atom stereocenters. The average Bonchev–Trinajstić information content (AvgIpc) is 3.26. The van der Waals surface area contributed by atoms with Crippen molar-refractivity contribution < 1.29 is 15.0 Å². The van der Waals surface area contributed by atoms with Crippen molar-refractivity contribution in [1.82, 2.24) is 5.32 Å². The molecule has 0 spiro atoms. The maximum atomic E-state index is 12.4. The van der Waals surface area contributed by atoms with E-state index in [0.717, 1.165) is 70.6 Å². The first kappa shape index (κ1) is 58.3. The minimum Gasteiger partial charge on any atom is -0.394 e. The molecule has 61 heavy (non-hydrogen) atoms. The number of amides is 1. The van der Waals surface area contributed by atoms with E-state index in [0.29, 0.717) is 6.42 Å². The Morgan fingerprint density at radius 3 is 1.15 bits per heavy atom. The summed E-state index contributed by atoms with van der Waals surface area (Å²) in [5, 5.41) is 23.1. The summed E-state index contributed by atoms with van der Waals surface area (Å²) in [6.45, 7) is 4.18. The molecule has 0 fully saturated rings. The van der Waals surface area contributed by atoms with E-state index in [9.17, 15) is 15.0 Å². The summed E-state index contributed by atoms with van der Waals surface area (Å²) < 4.78 is 0. The van der Waals surface area contributed by atoms with E-state index >= 15 is 0 Å². The average molecular weight is 846 g/mol. The minimum atomic E-state index is -0.875. The Morgan fingerprint density at radius 1 is 0.410 bits per heavy atom. The maximum absolute atomic E-state index is 12.4. The van der Waals surface area contributed by atoms with E-state index in [1.54, 1.807) is 6.08 Å². The van der Waals surface area contributed by atoms with Gasteiger partial charge in [-0.25, -0.2) is 0 Å². The van der Waals surface area contributed by atoms with E-state index in [1.807, 2.05) is 6.08 Å². The first-order chi connectivity index (χ1) is 30.2. The van der Waals surface area contributed by atoms with Crippen molar-refractivity contribution in [2.75, 3.05) is 6.61 Å². The number of rotatable bonds is 46. The number of hydrogen-bond acceptors (Lipinski definition) is 3. The van der Waals surface area contributed by atoms with Crippen LogP contribution in [0, 0.1) is 0 Å². The van der Waals surface area contributed by atoms with Crippen LogP contribution in [0.3, 0.4) is 0 Å². The fourth-order valence-electron chi connectivity index (χ4n) is 7.35. The van der Waals surface area contributed by atoms with Crippen LogP contribution in [-0.4, -0.2) is 34.9 Å². The lowest BCUT2D eigenvalue weighted by Crippen LogP contribution is -2.45. The second-order valence-corrected chi connectivity index (χ2v) is 17.2. The maximum Gasteiger partial charge on any atom is 0.220 e. The fourth-order valence-corrected chi connectivity index (χ4v) is 7.35. The zero-order chi connectivity index (χ0) is 44.2. The summed E-state index contributed by atoms with van der Waals surface area (Å²) in [6, 6.07) is -0.650. The highest BCUT2D eigenvalue weighted by atomic mass is 16.3. The Morgan fingerprint density at radius 2 is 0.738 bits per heavy atom. The van der Waals surface area contributed by atoms with E-state index in [4.69, 9.17) is 0 Å². The van der Waals surface area contributed by atoms with Crippen LogP contribution in [0.5, 0.6) is 0 Å². The van der Waals surface area contributed by atoms with Gasteiger partial charge in [-0.1, -0.05) is 239 Å². The predicted octanol–water partition coefficient (Wildman–Crippen LogP) is 17.0. The van der Waals surface area contributed by atoms with Gasteiger partial charge in [0.15, 0.2) is 0 Å². The van der Waals surface area contributed by atoms with Gasteiger partial charge in [0, 0.05) is 6.42 Å². The smallest absolute Gasteiger partial charge is 0.220 e. The van der Waals surface area contributed by atoms with Crippen molar-refractivity contribution in [3.63, 3.8) is 0 Å². The highest BCUT2D eigenvalue weighted by Gasteiger charge is 2.17. The summed E-state index contributed by atoms with van der Waals surface area (Å²) in [7, 11) is 0. The summed E-state index contributed by atoms with van der Waals surface area (Å²) in [5.41, 5.74) is 0. The van der Waals surface area contributed by atoms with Crippen LogP contribution in [0.2, 0.25) is 0 Å². The predicted molar refractivity (Wildman–Crippen MR) is 271 cm³/mol. The molecule has 0 aromatic heterocycles. The summed E-state index contributed by atoms with van der Waals surface area (Å²) in [6.07, 6.45) is 76.9. The summed E-state index contributed by atoms with van der Waals surface area (Å²) in [4.78, 5) is 12.4. The molecule has 1 amide bonds. The van der Waals surface area contributed by atoms with Gasteiger partial charge in [0.25, 0.3) is 0 Å². The lowest BCUT2D eigenvalue weighted by atomic mass is 10.0. The monoisotopic (exact) mass is 846 g/mol. The first-order valence-corrected chi connectivity index (χ1v) is 26.0. The molecule has 0 saturated carbocycles. The number of carbonyl (C=O) groups excluding carboxylic acids is 1. The lowest BCUT2D eigenvalue weighted by Gasteiger charge is -2.19. The molecule has 0 rings (SSSR count). The Bertz CT molecular complexity index is 1140. The molecule has 0 aromatic rings. The van der Waals surface area contributed by atoms with Crippen molar-refractivity contribution >= 4 is 5.91 Å². The van der Waals surface area contributed by atoms with Crippen LogP contribution in [-0.2, 0) is 4.79 Å². The highest BCUT2D eigenvalue weighted by molar-refractivity contribution is 5.76. The second kappa shape index (κ2) is 51.7. The number of unbranched alkanes of at least 4 members (excludes halogenated alkanes) is 25. The minimum absolute atomic E-state index is 0.0809. The van der Waals surface area contributed by atoms with Gasteiger partial charge in [-0.15, -0.1) is 0 Å². The SMILES string of the molecule is CC/C=C\C/C=C\C/C=C\C/C=C\C/C=C\CCCCCCCCCCCCCCCCCC(=O)NC(CO)C(O)/C=C/CC/C=C/CC/C=C/CCCCCCCCCC. The molecule has 0 saturated heterocycles. The van der Waals surface area contributed by atoms with Crippen LogP contribution in [0.1, 0.15) is 239 Å². The summed E-state index contributed by atoms with van der Waals surface area (Å²) >= 11 is 0. The molecule has 0 aliphatic rings. The molecule has 350 valence electrons. The third kappa shape index (κ3) is 48.2. The van der Waals surface area contributed by atoms with Gasteiger partial charge in [0.2, 0.25) is 5.91 Å². The molecule has 0 bridgehead atoms.